The van der Waals surface area contributed by atoms with Crippen molar-refractivity contribution in [2.24, 2.45) is 15.1 Å². The molecule has 1 unspecified atom stereocenters. The van der Waals surface area contributed by atoms with Crippen LogP contribution in [0.1, 0.15) is 76.0 Å². The maximum absolute atomic E-state index is 14.2. The second-order valence-electron chi connectivity index (χ2n) is 25.5. The van der Waals surface area contributed by atoms with Crippen LogP contribution in [0.2, 0.25) is 0 Å². The zero-order valence-electron chi connectivity index (χ0n) is 56.7. The van der Waals surface area contributed by atoms with Gasteiger partial charge in [0.25, 0.3) is 17.7 Å². The van der Waals surface area contributed by atoms with E-state index in [1.54, 1.807) is 71.2 Å². The lowest BCUT2D eigenvalue weighted by molar-refractivity contribution is -0.916. The largest absolute Gasteiger partial charge is 0.501 e. The number of fused-ring (bicyclic) bond motifs is 6. The van der Waals surface area contributed by atoms with E-state index >= 15 is 0 Å². The van der Waals surface area contributed by atoms with Crippen molar-refractivity contribution >= 4 is 51.9 Å². The number of ether oxygens (including phenoxy) is 9. The van der Waals surface area contributed by atoms with Gasteiger partial charge >= 0.3 is 10.4 Å². The van der Waals surface area contributed by atoms with Crippen LogP contribution >= 0.6 is 0 Å². The number of nitrogens with one attached hydrogen (secondary N) is 1. The number of carbonyl (C=O) groups excluding carboxylic acids is 3. The molecular formula is C71H78N9O22S+. The first kappa shape index (κ1) is 72.7. The number of aliphatic hydroxyl groups is 4. The number of furan rings is 2. The van der Waals surface area contributed by atoms with E-state index in [2.05, 4.69) is 15.3 Å². The highest BCUT2D eigenvalue weighted by Gasteiger charge is 2.45. The Morgan fingerprint density at radius 1 is 0.650 bits per heavy atom. The predicted molar refractivity (Wildman–Crippen MR) is 365 cm³/mol. The quantitative estimate of drug-likeness (QED) is 0.0101. The van der Waals surface area contributed by atoms with Gasteiger partial charge in [-0.15, -0.1) is 8.42 Å². The number of azide groups is 1. The van der Waals surface area contributed by atoms with Gasteiger partial charge in [-0.3, -0.25) is 24.4 Å². The third-order valence-electron chi connectivity index (χ3n) is 17.7. The van der Waals surface area contributed by atoms with Crippen molar-refractivity contribution in [3.63, 3.8) is 0 Å². The first-order chi connectivity index (χ1) is 49.8. The van der Waals surface area contributed by atoms with Gasteiger partial charge in [-0.1, -0.05) is 5.11 Å². The lowest BCUT2D eigenvalue weighted by atomic mass is 9.99. The Morgan fingerprint density at radius 2 is 1.20 bits per heavy atom. The molecule has 5 N–H and O–H groups in total. The number of nitrogens with zero attached hydrogens (tertiary/aromatic N) is 8. The van der Waals surface area contributed by atoms with Crippen LogP contribution in [0.3, 0.4) is 0 Å². The van der Waals surface area contributed by atoms with Crippen molar-refractivity contribution in [2.45, 2.75) is 95.0 Å². The molecule has 0 radical (unpaired) electrons. The minimum atomic E-state index is -5.06. The van der Waals surface area contributed by atoms with E-state index in [4.69, 9.17) is 75.3 Å². The third-order valence-corrected chi connectivity index (χ3v) is 18.5. The fourth-order valence-corrected chi connectivity index (χ4v) is 13.4. The van der Waals surface area contributed by atoms with Crippen LogP contribution in [0.25, 0.3) is 10.4 Å². The third kappa shape index (κ3) is 17.5. The number of methoxy groups -OCH3 is 2. The Bertz CT molecular complexity index is 4280. The second kappa shape index (κ2) is 32.5. The van der Waals surface area contributed by atoms with E-state index in [0.29, 0.717) is 95.6 Å². The van der Waals surface area contributed by atoms with Gasteiger partial charge in [0.2, 0.25) is 6.29 Å². The van der Waals surface area contributed by atoms with E-state index in [1.807, 2.05) is 44.4 Å². The van der Waals surface area contributed by atoms with Crippen LogP contribution in [0.15, 0.2) is 134 Å². The highest BCUT2D eigenvalue weighted by atomic mass is 32.3. The van der Waals surface area contributed by atoms with Crippen molar-refractivity contribution in [3.05, 3.63) is 182 Å². The van der Waals surface area contributed by atoms with E-state index in [-0.39, 0.29) is 94.5 Å². The van der Waals surface area contributed by atoms with E-state index in [9.17, 15) is 43.2 Å². The smallest absolute Gasteiger partial charge is 0.493 e. The maximum atomic E-state index is 14.2. The van der Waals surface area contributed by atoms with Gasteiger partial charge in [0.1, 0.15) is 68.0 Å². The molecule has 7 heterocycles. The van der Waals surface area contributed by atoms with Crippen molar-refractivity contribution in [2.75, 3.05) is 87.7 Å². The Labute approximate surface area is 591 Å². The molecule has 5 aromatic carbocycles. The monoisotopic (exact) mass is 1440 g/mol. The highest BCUT2D eigenvalue weighted by Crippen LogP contribution is 2.42. The van der Waals surface area contributed by atoms with E-state index in [1.165, 1.54) is 32.4 Å². The number of benzene rings is 5. The summed E-state index contributed by atoms with van der Waals surface area (Å²) in [5.41, 5.74) is 14.9. The molecule has 0 bridgehead atoms. The number of amides is 3. The molecule has 0 spiro atoms. The number of carbonyl (C=O) groups is 3. The average Bonchev–Trinajstić information content (AvgIpc) is 1.70. The fraction of sp³-hybridized carbons (Fsp3) is 0.394. The summed E-state index contributed by atoms with van der Waals surface area (Å²) in [7, 11) is 2.00. The Kier molecular flexibility index (Phi) is 22.9. The van der Waals surface area contributed by atoms with Gasteiger partial charge in [0.05, 0.1) is 135 Å². The molecular weight excluding hydrogens is 1360 g/mol. The lowest BCUT2D eigenvalue weighted by Gasteiger charge is -2.39. The normalized spacial score (nSPS) is 19.6. The Hall–Kier alpha value is -10.1. The minimum absolute atomic E-state index is 0.0317. The van der Waals surface area contributed by atoms with E-state index < -0.39 is 65.1 Å². The van der Waals surface area contributed by atoms with Crippen LogP contribution < -0.4 is 37.4 Å². The minimum Gasteiger partial charge on any atom is -0.493 e. The number of hydrogen-bond donors (Lipinski definition) is 5. The number of aliphatic imine (C=N–C) groups is 2. The Balaban J connectivity index is 0.737. The molecule has 0 aliphatic carbocycles. The van der Waals surface area contributed by atoms with Crippen LogP contribution in [0.4, 0.5) is 11.4 Å². The summed E-state index contributed by atoms with van der Waals surface area (Å²) in [6.45, 7) is 2.51. The highest BCUT2D eigenvalue weighted by molar-refractivity contribution is 7.82. The zero-order chi connectivity index (χ0) is 72.4. The summed E-state index contributed by atoms with van der Waals surface area (Å²) in [4.78, 5) is 57.5. The molecule has 7 aromatic rings. The maximum Gasteiger partial charge on any atom is 0.501 e. The Morgan fingerprint density at radius 3 is 1.77 bits per heavy atom. The van der Waals surface area contributed by atoms with Crippen LogP contribution in [-0.2, 0) is 81.6 Å². The lowest BCUT2D eigenvalue weighted by Crippen LogP contribution is -2.60. The summed E-state index contributed by atoms with van der Waals surface area (Å²) < 4.78 is 103. The molecule has 544 valence electrons. The first-order valence-electron chi connectivity index (χ1n) is 33.1. The number of aliphatic hydroxyl groups excluding tert-OH is 4. The van der Waals surface area contributed by atoms with Crippen molar-refractivity contribution in [1.29, 1.82) is 0 Å². The first-order valence-corrected chi connectivity index (χ1v) is 34.4. The van der Waals surface area contributed by atoms with Crippen LogP contribution in [0.5, 0.6) is 40.2 Å². The SMILES string of the molecule is COc1cc2c(cc1OCc1cc(COc3cc4c(cc3OC)C(=O)N3Cc5ccoc5C[C@H]3C=N4)cc(C[N+](C)(C)Cc3ccc(OS(=O)(=O)Oc4cc(C(=O)NCCOCCOCCOCCN=[N+]=[N-])ccc4OC4O[C@H](CO)[C@H](O)[C@H](O)[C@H]4O)cc3)c1)N=C[C@@H]1Cc3occc3CN1C2=O. The van der Waals surface area contributed by atoms with Crippen LogP contribution in [-0.4, -0.2) is 204 Å². The van der Waals surface area contributed by atoms with Gasteiger partial charge in [0, 0.05) is 83.2 Å². The molecule has 1 saturated heterocycles. The van der Waals surface area contributed by atoms with Crippen molar-refractivity contribution in [1.82, 2.24) is 15.1 Å². The summed E-state index contributed by atoms with van der Waals surface area (Å²) in [6.07, 6.45) is -0.867. The van der Waals surface area contributed by atoms with Crippen molar-refractivity contribution < 1.29 is 108 Å². The summed E-state index contributed by atoms with van der Waals surface area (Å²) in [6, 6.07) is 25.5. The molecule has 31 nitrogen and oxygen atoms in total. The summed E-state index contributed by atoms with van der Waals surface area (Å²) >= 11 is 0. The van der Waals surface area contributed by atoms with Gasteiger partial charge in [0.15, 0.2) is 34.5 Å². The molecule has 7 atom stereocenters. The second-order valence-corrected chi connectivity index (χ2v) is 26.6. The average molecular weight is 1440 g/mol. The van der Waals surface area contributed by atoms with Gasteiger partial charge < -0.3 is 99.9 Å². The van der Waals surface area contributed by atoms with E-state index in [0.717, 1.165) is 57.0 Å². The molecule has 12 rings (SSSR count). The topological polar surface area (TPSA) is 386 Å². The standard InChI is InChI=1S/C71H77N9O22S/c1-80(2,37-42-5-8-51(9-6-42)101-103(88,89)102-63-26-46(7-10-56(63)99-71-67(84)66(83)65(82)64(39-81)100-71)68(85)73-13-17-92-19-21-94-22-20-93-18-14-76-77-72)38-43-23-44(40-97-61-31-54-52(29-59(61)90-3)69(86)78-35-47-11-15-95-57(47)27-49(78)33-74-54)25-45(24-43)41-98-62-32-55-53(30-60(62)91-4)70(87)79-36-48-12-16-96-58(48)28-50(79)34-75-55/h5-12,15-16,23-26,29-34,49-50,64-67,71,81-84H,13-14,17-22,27-28,35-41H2,1-4H3/p+1/t49-,50-,64+,65-,66-,67+,71?/m0/s1. The number of rotatable bonds is 32. The van der Waals surface area contributed by atoms with Gasteiger partial charge in [-0.25, -0.2) is 0 Å². The number of quaternary nitrogens is 1. The van der Waals surface area contributed by atoms with Crippen molar-refractivity contribution in [3.8, 4) is 40.2 Å². The molecule has 3 amide bonds. The molecule has 5 aliphatic rings. The van der Waals surface area contributed by atoms with Crippen LogP contribution in [0, 0.1) is 0 Å². The molecule has 5 aliphatic heterocycles. The number of hydrogen-bond acceptors (Lipinski definition) is 25. The molecule has 0 saturated carbocycles. The molecule has 1 fully saturated rings. The zero-order valence-corrected chi connectivity index (χ0v) is 57.5. The predicted octanol–water partition coefficient (Wildman–Crippen LogP) is 6.36. The summed E-state index contributed by atoms with van der Waals surface area (Å²) in [5.74, 6) is 0.778. The van der Waals surface area contributed by atoms with Gasteiger partial charge in [-0.05, 0) is 102 Å². The fourth-order valence-electron chi connectivity index (χ4n) is 12.6. The van der Waals surface area contributed by atoms with Gasteiger partial charge in [-0.2, -0.15) is 0 Å². The summed E-state index contributed by atoms with van der Waals surface area (Å²) in [5, 5.41) is 47.6. The molecule has 103 heavy (non-hydrogen) atoms. The molecule has 32 heteroatoms. The molecule has 2 aromatic heterocycles.